The molecule has 4 amide bonds. The molecule has 0 bridgehead atoms. The summed E-state index contributed by atoms with van der Waals surface area (Å²) >= 11 is 0. The number of hydrogen-bond acceptors (Lipinski definition) is 2. The zero-order valence-electron chi connectivity index (χ0n) is 15.2. The fourth-order valence-electron chi connectivity index (χ4n) is 4.27. The van der Waals surface area contributed by atoms with Gasteiger partial charge in [0.2, 0.25) is 0 Å². The van der Waals surface area contributed by atoms with Gasteiger partial charge in [-0.3, -0.25) is 0 Å². The molecule has 3 aliphatic rings. The zero-order chi connectivity index (χ0) is 17.4. The monoisotopic (exact) mass is 336 g/mol. The van der Waals surface area contributed by atoms with Crippen LogP contribution in [-0.2, 0) is 0 Å². The Kier molecular flexibility index (Phi) is 4.67. The number of nitrogens with one attached hydrogen (secondary N) is 4. The standard InChI is InChI=1S/C18H32N4O2/c1-17(2)8-14(22-16(24)21-13-6-7-13)9-18(3,10-17)11-19-15(23)20-12-4-5-12/h12-14H,4-11H2,1-3H3,(H2,19,20,23)(H2,21,22,24). The Labute approximate surface area is 144 Å². The van der Waals surface area contributed by atoms with Crippen LogP contribution >= 0.6 is 0 Å². The molecule has 0 aromatic rings. The topological polar surface area (TPSA) is 82.3 Å². The highest BCUT2D eigenvalue weighted by atomic mass is 16.2. The van der Waals surface area contributed by atoms with E-state index in [2.05, 4.69) is 42.0 Å². The average Bonchev–Trinajstić information content (AvgIpc) is 3.30. The maximum absolute atomic E-state index is 12.1. The summed E-state index contributed by atoms with van der Waals surface area (Å²) in [6.45, 7) is 7.38. The van der Waals surface area contributed by atoms with Crippen molar-refractivity contribution >= 4 is 12.1 Å². The molecule has 0 radical (unpaired) electrons. The van der Waals surface area contributed by atoms with Crippen LogP contribution in [-0.4, -0.2) is 36.7 Å². The molecule has 0 aromatic carbocycles. The summed E-state index contributed by atoms with van der Waals surface area (Å²) in [5.41, 5.74) is 0.152. The van der Waals surface area contributed by atoms with Gasteiger partial charge in [-0.15, -0.1) is 0 Å². The van der Waals surface area contributed by atoms with Crippen molar-refractivity contribution in [3.63, 3.8) is 0 Å². The summed E-state index contributed by atoms with van der Waals surface area (Å²) in [7, 11) is 0. The lowest BCUT2D eigenvalue weighted by molar-refractivity contribution is 0.0749. The number of rotatable bonds is 5. The highest BCUT2D eigenvalue weighted by Gasteiger charge is 2.42. The number of carbonyl (C=O) groups excluding carboxylic acids is 2. The summed E-state index contributed by atoms with van der Waals surface area (Å²) in [6.07, 6.45) is 7.32. The Balaban J connectivity index is 1.52. The predicted molar refractivity (Wildman–Crippen MR) is 93.8 cm³/mol. The van der Waals surface area contributed by atoms with Crippen molar-refractivity contribution in [1.29, 1.82) is 0 Å². The van der Waals surface area contributed by atoms with Crippen LogP contribution < -0.4 is 21.3 Å². The lowest BCUT2D eigenvalue weighted by atomic mass is 9.62. The van der Waals surface area contributed by atoms with Gasteiger partial charge in [0.25, 0.3) is 0 Å². The minimum Gasteiger partial charge on any atom is -0.338 e. The van der Waals surface area contributed by atoms with Gasteiger partial charge in [-0.1, -0.05) is 20.8 Å². The number of carbonyl (C=O) groups is 2. The largest absolute Gasteiger partial charge is 0.338 e. The first-order chi connectivity index (χ1) is 11.2. The maximum Gasteiger partial charge on any atom is 0.315 e. The van der Waals surface area contributed by atoms with Crippen LogP contribution in [0.5, 0.6) is 0 Å². The predicted octanol–water partition coefficient (Wildman–Crippen LogP) is 2.49. The van der Waals surface area contributed by atoms with Crippen molar-refractivity contribution in [3.05, 3.63) is 0 Å². The van der Waals surface area contributed by atoms with Gasteiger partial charge in [-0.2, -0.15) is 0 Å². The molecule has 3 aliphatic carbocycles. The lowest BCUT2D eigenvalue weighted by Crippen LogP contribution is -2.53. The van der Waals surface area contributed by atoms with Gasteiger partial charge < -0.3 is 21.3 Å². The molecule has 136 valence electrons. The molecular weight excluding hydrogens is 304 g/mol. The van der Waals surface area contributed by atoms with E-state index in [0.29, 0.717) is 18.6 Å². The molecule has 0 aliphatic heterocycles. The molecule has 2 unspecified atom stereocenters. The van der Waals surface area contributed by atoms with Gasteiger partial charge >= 0.3 is 12.1 Å². The minimum atomic E-state index is -0.0573. The van der Waals surface area contributed by atoms with Gasteiger partial charge in [0.1, 0.15) is 0 Å². The number of amides is 4. The molecule has 2 atom stereocenters. The molecule has 0 aromatic heterocycles. The zero-order valence-corrected chi connectivity index (χ0v) is 15.2. The van der Waals surface area contributed by atoms with Crippen LogP contribution in [0.2, 0.25) is 0 Å². The Morgan fingerprint density at radius 2 is 1.38 bits per heavy atom. The molecule has 6 heteroatoms. The van der Waals surface area contributed by atoms with E-state index in [1.807, 2.05) is 0 Å². The first-order valence-corrected chi connectivity index (χ1v) is 9.35. The second kappa shape index (κ2) is 6.45. The van der Waals surface area contributed by atoms with Gasteiger partial charge in [0.05, 0.1) is 0 Å². The summed E-state index contributed by atoms with van der Waals surface area (Å²) in [5.74, 6) is 0. The van der Waals surface area contributed by atoms with E-state index in [-0.39, 0.29) is 28.9 Å². The van der Waals surface area contributed by atoms with Crippen molar-refractivity contribution in [2.75, 3.05) is 6.54 Å². The van der Waals surface area contributed by atoms with Crippen molar-refractivity contribution in [2.45, 2.75) is 83.8 Å². The fraction of sp³-hybridized carbons (Fsp3) is 0.889. The highest BCUT2D eigenvalue weighted by molar-refractivity contribution is 5.75. The molecule has 3 rings (SSSR count). The third-order valence-corrected chi connectivity index (χ3v) is 5.28. The first-order valence-electron chi connectivity index (χ1n) is 9.35. The third kappa shape index (κ3) is 5.28. The van der Waals surface area contributed by atoms with Gasteiger partial charge in [0.15, 0.2) is 0 Å². The third-order valence-electron chi connectivity index (χ3n) is 5.28. The van der Waals surface area contributed by atoms with E-state index in [1.165, 1.54) is 0 Å². The number of hydrogen-bond donors (Lipinski definition) is 4. The SMILES string of the molecule is CC1(C)CC(NC(=O)NC2CC2)CC(C)(CNC(=O)NC2CC2)C1. The Morgan fingerprint density at radius 1 is 0.833 bits per heavy atom. The van der Waals surface area contributed by atoms with E-state index >= 15 is 0 Å². The smallest absolute Gasteiger partial charge is 0.315 e. The van der Waals surface area contributed by atoms with Crippen LogP contribution in [0.1, 0.15) is 65.7 Å². The van der Waals surface area contributed by atoms with E-state index < -0.39 is 0 Å². The maximum atomic E-state index is 12.1. The van der Waals surface area contributed by atoms with Crippen LogP contribution in [0.3, 0.4) is 0 Å². The molecule has 4 N–H and O–H groups in total. The van der Waals surface area contributed by atoms with Gasteiger partial charge in [-0.25, -0.2) is 9.59 Å². The minimum absolute atomic E-state index is 0.000167. The Bertz CT molecular complexity index is 499. The molecule has 3 saturated carbocycles. The van der Waals surface area contributed by atoms with Crippen molar-refractivity contribution in [3.8, 4) is 0 Å². The quantitative estimate of drug-likeness (QED) is 0.622. The fourth-order valence-corrected chi connectivity index (χ4v) is 4.27. The Morgan fingerprint density at radius 3 is 1.96 bits per heavy atom. The Hall–Kier alpha value is -1.46. The van der Waals surface area contributed by atoms with Crippen LogP contribution in [0.15, 0.2) is 0 Å². The molecule has 3 fully saturated rings. The van der Waals surface area contributed by atoms with Gasteiger partial charge in [0, 0.05) is 24.7 Å². The first kappa shape index (κ1) is 17.4. The molecule has 0 saturated heterocycles. The van der Waals surface area contributed by atoms with Crippen molar-refractivity contribution in [2.24, 2.45) is 10.8 Å². The van der Waals surface area contributed by atoms with Crippen LogP contribution in [0, 0.1) is 10.8 Å². The van der Waals surface area contributed by atoms with Crippen LogP contribution in [0.25, 0.3) is 0 Å². The van der Waals surface area contributed by atoms with E-state index in [4.69, 9.17) is 0 Å². The summed E-state index contributed by atoms with van der Waals surface area (Å²) in [6, 6.07) is 0.813. The normalized spacial score (nSPS) is 31.9. The van der Waals surface area contributed by atoms with Crippen molar-refractivity contribution < 1.29 is 9.59 Å². The lowest BCUT2D eigenvalue weighted by Gasteiger charge is -2.46. The second-order valence-electron chi connectivity index (χ2n) is 9.25. The van der Waals surface area contributed by atoms with E-state index in [9.17, 15) is 9.59 Å². The number of urea groups is 2. The summed E-state index contributed by atoms with van der Waals surface area (Å²) in [5, 5.41) is 12.2. The average molecular weight is 336 g/mol. The molecule has 0 spiro atoms. The summed E-state index contributed by atoms with van der Waals surface area (Å²) in [4.78, 5) is 24.0. The van der Waals surface area contributed by atoms with E-state index in [0.717, 1.165) is 44.9 Å². The van der Waals surface area contributed by atoms with E-state index in [1.54, 1.807) is 0 Å². The molecular formula is C18H32N4O2. The van der Waals surface area contributed by atoms with Crippen LogP contribution in [0.4, 0.5) is 9.59 Å². The highest BCUT2D eigenvalue weighted by Crippen LogP contribution is 2.45. The van der Waals surface area contributed by atoms with Gasteiger partial charge in [-0.05, 0) is 55.8 Å². The molecule has 6 nitrogen and oxygen atoms in total. The van der Waals surface area contributed by atoms with Crippen molar-refractivity contribution in [1.82, 2.24) is 21.3 Å². The second-order valence-corrected chi connectivity index (χ2v) is 9.25. The molecule has 0 heterocycles. The molecule has 24 heavy (non-hydrogen) atoms. The summed E-state index contributed by atoms with van der Waals surface area (Å²) < 4.78 is 0.